The van der Waals surface area contributed by atoms with Crippen LogP contribution in [-0.2, 0) is 66.7 Å². The lowest BCUT2D eigenvalue weighted by Crippen LogP contribution is -2.74. The first-order chi connectivity index (χ1) is 19.1. The average molecular weight is 590 g/mol. The van der Waals surface area contributed by atoms with Crippen LogP contribution in [0.25, 0.3) is 0 Å². The third kappa shape index (κ3) is 9.71. The number of rotatable bonds is 12. The van der Waals surface area contributed by atoms with Gasteiger partial charge in [0.25, 0.3) is 0 Å². The Kier molecular flexibility index (Phi) is 13.1. The minimum absolute atomic E-state index is 0.0726. The number of carbonyl (C=O) groups is 7. The first kappa shape index (κ1) is 34.8. The van der Waals surface area contributed by atoms with E-state index < -0.39 is 90.7 Å². The molecule has 0 bridgehead atoms. The van der Waals surface area contributed by atoms with E-state index in [0.717, 1.165) is 41.7 Å². The van der Waals surface area contributed by atoms with E-state index in [1.165, 1.54) is 0 Å². The fourth-order valence-electron chi connectivity index (χ4n) is 3.92. The summed E-state index contributed by atoms with van der Waals surface area (Å²) >= 11 is 0. The van der Waals surface area contributed by atoms with Crippen molar-refractivity contribution in [2.75, 3.05) is 13.7 Å². The number of ether oxygens (including phenoxy) is 7. The Bertz CT molecular complexity index is 1070. The van der Waals surface area contributed by atoms with Gasteiger partial charge in [0, 0.05) is 47.5 Å². The summed E-state index contributed by atoms with van der Waals surface area (Å²) < 4.78 is 51.9. The number of halogens is 1. The van der Waals surface area contributed by atoms with Gasteiger partial charge < -0.3 is 38.5 Å². The summed E-state index contributed by atoms with van der Waals surface area (Å²) in [4.78, 5) is 85.3. The third-order valence-corrected chi connectivity index (χ3v) is 5.32. The second kappa shape index (κ2) is 15.5. The monoisotopic (exact) mass is 589 g/mol. The summed E-state index contributed by atoms with van der Waals surface area (Å²) in [6, 6.07) is -1.81. The van der Waals surface area contributed by atoms with Crippen molar-refractivity contribution in [1.29, 1.82) is 0 Å². The molecule has 7 atom stereocenters. The lowest BCUT2D eigenvalue weighted by Gasteiger charge is -2.49. The SMILES string of the molecule is C#CCCC(=O)N[C@H]1[C@H]([C@H](OC(C)=O)[C@@H](COC(C)=O)OC(C)=O)O[C@](OC(C)=O)(C(=O)OC)[C@H](F)[C@@H]1OC(C)=O. The van der Waals surface area contributed by atoms with Gasteiger partial charge in [-0.2, -0.15) is 0 Å². The average Bonchev–Trinajstić information content (AvgIpc) is 2.86. The summed E-state index contributed by atoms with van der Waals surface area (Å²) in [7, 11) is 0.805. The minimum Gasteiger partial charge on any atom is -0.464 e. The number of carbonyl (C=O) groups excluding carboxylic acids is 7. The van der Waals surface area contributed by atoms with Crippen molar-refractivity contribution in [2.45, 2.75) is 89.9 Å². The van der Waals surface area contributed by atoms with E-state index >= 15 is 4.39 Å². The van der Waals surface area contributed by atoms with Crippen LogP contribution in [0.15, 0.2) is 0 Å². The molecule has 1 amide bonds. The Balaban J connectivity index is 3.98. The van der Waals surface area contributed by atoms with Crippen molar-refractivity contribution in [3.8, 4) is 12.3 Å². The van der Waals surface area contributed by atoms with Crippen molar-refractivity contribution >= 4 is 41.7 Å². The molecule has 1 saturated heterocycles. The van der Waals surface area contributed by atoms with E-state index in [9.17, 15) is 33.6 Å². The van der Waals surface area contributed by atoms with Gasteiger partial charge in [-0.1, -0.05) is 0 Å². The smallest absolute Gasteiger partial charge is 0.383 e. The van der Waals surface area contributed by atoms with Gasteiger partial charge in [-0.05, 0) is 0 Å². The lowest BCUT2D eigenvalue weighted by atomic mass is 9.86. The number of hydrogen-bond donors (Lipinski definition) is 1. The van der Waals surface area contributed by atoms with Crippen molar-refractivity contribution in [1.82, 2.24) is 5.32 Å². The summed E-state index contributed by atoms with van der Waals surface area (Å²) in [6.45, 7) is 3.82. The van der Waals surface area contributed by atoms with Crippen LogP contribution in [0, 0.1) is 12.3 Å². The Labute approximate surface area is 234 Å². The molecular formula is C25H32FNO14. The molecule has 16 heteroatoms. The van der Waals surface area contributed by atoms with Crippen LogP contribution >= 0.6 is 0 Å². The van der Waals surface area contributed by atoms with Crippen LogP contribution in [0.5, 0.6) is 0 Å². The van der Waals surface area contributed by atoms with Crippen LogP contribution < -0.4 is 5.32 Å². The maximum atomic E-state index is 16.2. The molecule has 1 aliphatic rings. The highest BCUT2D eigenvalue weighted by Gasteiger charge is 2.67. The summed E-state index contributed by atoms with van der Waals surface area (Å²) in [5, 5.41) is 2.36. The maximum absolute atomic E-state index is 16.2. The quantitative estimate of drug-likeness (QED) is 0.172. The molecule has 0 radical (unpaired) electrons. The Morgan fingerprint density at radius 3 is 2.02 bits per heavy atom. The van der Waals surface area contributed by atoms with E-state index in [-0.39, 0.29) is 12.8 Å². The number of hydrogen-bond acceptors (Lipinski definition) is 14. The highest BCUT2D eigenvalue weighted by molar-refractivity contribution is 5.83. The van der Waals surface area contributed by atoms with E-state index in [1.807, 2.05) is 0 Å². The lowest BCUT2D eigenvalue weighted by molar-refractivity contribution is -0.326. The molecule has 0 aromatic heterocycles. The Hall–Kier alpha value is -4.26. The molecule has 1 fully saturated rings. The molecule has 1 rings (SSSR count). The molecule has 228 valence electrons. The molecule has 0 spiro atoms. The number of alkyl halides is 1. The van der Waals surface area contributed by atoms with Gasteiger partial charge in [0.1, 0.15) is 12.7 Å². The normalized spacial score (nSPS) is 24.7. The largest absolute Gasteiger partial charge is 0.464 e. The molecule has 0 saturated carbocycles. The van der Waals surface area contributed by atoms with Gasteiger partial charge in [-0.15, -0.1) is 12.3 Å². The number of amides is 1. The van der Waals surface area contributed by atoms with Crippen LogP contribution in [-0.4, -0.2) is 97.9 Å². The number of nitrogens with one attached hydrogen (secondary N) is 1. The molecule has 0 aromatic rings. The highest BCUT2D eigenvalue weighted by Crippen LogP contribution is 2.39. The molecule has 0 unspecified atom stereocenters. The van der Waals surface area contributed by atoms with Gasteiger partial charge in [-0.25, -0.2) is 9.18 Å². The molecule has 1 aliphatic heterocycles. The van der Waals surface area contributed by atoms with Crippen molar-refractivity contribution < 1.29 is 71.1 Å². The third-order valence-electron chi connectivity index (χ3n) is 5.32. The molecule has 1 N–H and O–H groups in total. The zero-order valence-electron chi connectivity index (χ0n) is 23.3. The zero-order chi connectivity index (χ0) is 31.5. The summed E-state index contributed by atoms with van der Waals surface area (Å²) in [5.74, 6) is -8.73. The number of methoxy groups -OCH3 is 1. The fraction of sp³-hybridized carbons (Fsp3) is 0.640. The number of terminal acetylenes is 1. The molecule has 15 nitrogen and oxygen atoms in total. The van der Waals surface area contributed by atoms with Gasteiger partial charge in [0.2, 0.25) is 12.1 Å². The van der Waals surface area contributed by atoms with Crippen molar-refractivity contribution in [2.24, 2.45) is 0 Å². The van der Waals surface area contributed by atoms with E-state index in [1.54, 1.807) is 0 Å². The second-order valence-corrected chi connectivity index (χ2v) is 8.63. The predicted molar refractivity (Wildman–Crippen MR) is 130 cm³/mol. The van der Waals surface area contributed by atoms with Gasteiger partial charge in [-0.3, -0.25) is 28.8 Å². The summed E-state index contributed by atoms with van der Waals surface area (Å²) in [6.07, 6.45) is -5.81. The Morgan fingerprint density at radius 1 is 0.951 bits per heavy atom. The first-order valence-electron chi connectivity index (χ1n) is 12.1. The standard InChI is InChI=1S/C25H32FNO14/c1-8-9-10-18(33)27-19-21(20(38-14(4)30)17(37-13(3)29)11-36-12(2)28)41-25(24(34)35-7,40-16(6)32)23(26)22(19)39-15(5)31/h1,17,19-23H,9-11H2,2-7H3,(H,27,33)/t17-,19+,20-,21-,22-,23-,25+/m1/s1. The minimum atomic E-state index is -3.29. The van der Waals surface area contributed by atoms with Crippen LogP contribution in [0.1, 0.15) is 47.5 Å². The van der Waals surface area contributed by atoms with Crippen LogP contribution in [0.4, 0.5) is 4.39 Å². The van der Waals surface area contributed by atoms with E-state index in [0.29, 0.717) is 0 Å². The van der Waals surface area contributed by atoms with E-state index in [2.05, 4.69) is 16.0 Å². The van der Waals surface area contributed by atoms with Gasteiger partial charge >= 0.3 is 41.6 Å². The number of esters is 6. The van der Waals surface area contributed by atoms with Crippen molar-refractivity contribution in [3.05, 3.63) is 0 Å². The molecule has 1 heterocycles. The van der Waals surface area contributed by atoms with Crippen molar-refractivity contribution in [3.63, 3.8) is 0 Å². The van der Waals surface area contributed by atoms with Crippen LogP contribution in [0.2, 0.25) is 0 Å². The molecule has 0 aromatic carbocycles. The van der Waals surface area contributed by atoms with Gasteiger partial charge in [0.05, 0.1) is 13.2 Å². The molecular weight excluding hydrogens is 557 g/mol. The highest BCUT2D eigenvalue weighted by atomic mass is 19.1. The Morgan fingerprint density at radius 2 is 1.56 bits per heavy atom. The van der Waals surface area contributed by atoms with Crippen LogP contribution in [0.3, 0.4) is 0 Å². The maximum Gasteiger partial charge on any atom is 0.383 e. The molecule has 41 heavy (non-hydrogen) atoms. The molecule has 0 aliphatic carbocycles. The second-order valence-electron chi connectivity index (χ2n) is 8.63. The summed E-state index contributed by atoms with van der Waals surface area (Å²) in [5.41, 5.74) is 0. The zero-order valence-corrected chi connectivity index (χ0v) is 23.3. The fourth-order valence-corrected chi connectivity index (χ4v) is 3.92. The van der Waals surface area contributed by atoms with Gasteiger partial charge in [0.15, 0.2) is 18.3 Å². The van der Waals surface area contributed by atoms with E-state index in [4.69, 9.17) is 34.8 Å². The first-order valence-corrected chi connectivity index (χ1v) is 12.1. The predicted octanol–water partition coefficient (Wildman–Crippen LogP) is -0.588. The topological polar surface area (TPSA) is 196 Å².